The fraction of sp³-hybridized carbons (Fsp3) is 0.278. The quantitative estimate of drug-likeness (QED) is 0.629. The van der Waals surface area contributed by atoms with Gasteiger partial charge in [-0.2, -0.15) is 0 Å². The molecule has 0 aliphatic carbocycles. The van der Waals surface area contributed by atoms with Crippen LogP contribution in [0.3, 0.4) is 0 Å². The van der Waals surface area contributed by atoms with Gasteiger partial charge in [0.1, 0.15) is 19.0 Å². The third kappa shape index (κ3) is 4.21. The molecule has 0 radical (unpaired) electrons. The lowest BCUT2D eigenvalue weighted by Crippen LogP contribution is -2.31. The lowest BCUT2D eigenvalue weighted by Gasteiger charge is -2.21. The summed E-state index contributed by atoms with van der Waals surface area (Å²) >= 11 is 0. The summed E-state index contributed by atoms with van der Waals surface area (Å²) < 4.78 is 16.4. The highest BCUT2D eigenvalue weighted by molar-refractivity contribution is 5.78. The second-order valence-electron chi connectivity index (χ2n) is 5.73. The summed E-state index contributed by atoms with van der Waals surface area (Å²) in [7, 11) is 0. The lowest BCUT2D eigenvalue weighted by atomic mass is 10.1. The number of fused-ring (bicyclic) bond motifs is 1. The normalized spacial score (nSPS) is 13.6. The standard InChI is InChI=1S/C18H18N2O6/c1-12(13-2-7-16-17(10-13)25-9-8-24-16)19-18(21)11-26-15-5-3-14(4-6-15)20(22)23/h2-7,10,12H,8-9,11H2,1H3,(H,19,21)/t12-/m0/s1. The molecule has 136 valence electrons. The van der Waals surface area contributed by atoms with Crippen LogP contribution in [0.25, 0.3) is 0 Å². The molecule has 26 heavy (non-hydrogen) atoms. The molecule has 2 aromatic rings. The van der Waals surface area contributed by atoms with Crippen molar-refractivity contribution in [3.8, 4) is 17.2 Å². The van der Waals surface area contributed by atoms with Crippen molar-refractivity contribution in [3.05, 3.63) is 58.1 Å². The van der Waals surface area contributed by atoms with E-state index in [9.17, 15) is 14.9 Å². The number of hydrogen-bond acceptors (Lipinski definition) is 6. The number of carbonyl (C=O) groups is 1. The Balaban J connectivity index is 1.53. The summed E-state index contributed by atoms with van der Waals surface area (Å²) in [5.74, 6) is 1.44. The highest BCUT2D eigenvalue weighted by atomic mass is 16.6. The van der Waals surface area contributed by atoms with Crippen molar-refractivity contribution in [2.45, 2.75) is 13.0 Å². The number of benzene rings is 2. The van der Waals surface area contributed by atoms with Crippen LogP contribution < -0.4 is 19.5 Å². The predicted molar refractivity (Wildman–Crippen MR) is 92.6 cm³/mol. The van der Waals surface area contributed by atoms with E-state index in [2.05, 4.69) is 5.32 Å². The van der Waals surface area contributed by atoms with Gasteiger partial charge >= 0.3 is 0 Å². The van der Waals surface area contributed by atoms with E-state index in [1.807, 2.05) is 25.1 Å². The summed E-state index contributed by atoms with van der Waals surface area (Å²) in [6.07, 6.45) is 0. The van der Waals surface area contributed by atoms with Crippen LogP contribution in [0.1, 0.15) is 18.5 Å². The van der Waals surface area contributed by atoms with Gasteiger partial charge in [-0.25, -0.2) is 0 Å². The van der Waals surface area contributed by atoms with Gasteiger partial charge in [-0.15, -0.1) is 0 Å². The summed E-state index contributed by atoms with van der Waals surface area (Å²) in [6.45, 7) is 2.70. The minimum atomic E-state index is -0.495. The monoisotopic (exact) mass is 358 g/mol. The Bertz CT molecular complexity index is 806. The van der Waals surface area contributed by atoms with Crippen LogP contribution in [-0.4, -0.2) is 30.7 Å². The molecule has 3 rings (SSSR count). The van der Waals surface area contributed by atoms with Crippen molar-refractivity contribution < 1.29 is 23.9 Å². The Hall–Kier alpha value is -3.29. The first-order valence-corrected chi connectivity index (χ1v) is 8.09. The van der Waals surface area contributed by atoms with Crippen LogP contribution in [0.5, 0.6) is 17.2 Å². The summed E-state index contributed by atoms with van der Waals surface area (Å²) in [6, 6.07) is 10.9. The van der Waals surface area contributed by atoms with E-state index in [1.54, 1.807) is 0 Å². The molecule has 1 heterocycles. The minimum absolute atomic E-state index is 0.0333. The summed E-state index contributed by atoms with van der Waals surface area (Å²) in [4.78, 5) is 22.2. The number of amides is 1. The van der Waals surface area contributed by atoms with E-state index in [-0.39, 0.29) is 24.2 Å². The van der Waals surface area contributed by atoms with Crippen molar-refractivity contribution in [2.24, 2.45) is 0 Å². The molecule has 1 amide bonds. The SMILES string of the molecule is C[C@H](NC(=O)COc1ccc([N+](=O)[O-])cc1)c1ccc2c(c1)OCCO2. The molecule has 8 nitrogen and oxygen atoms in total. The zero-order valence-electron chi connectivity index (χ0n) is 14.1. The molecule has 0 saturated heterocycles. The van der Waals surface area contributed by atoms with Gasteiger partial charge in [0.05, 0.1) is 11.0 Å². The predicted octanol–water partition coefficient (Wildman–Crippen LogP) is 2.62. The minimum Gasteiger partial charge on any atom is -0.486 e. The first-order valence-electron chi connectivity index (χ1n) is 8.09. The topological polar surface area (TPSA) is 99.9 Å². The van der Waals surface area contributed by atoms with Crippen LogP contribution in [0, 0.1) is 10.1 Å². The Morgan fingerprint density at radius 3 is 2.58 bits per heavy atom. The van der Waals surface area contributed by atoms with Crippen molar-refractivity contribution in [1.82, 2.24) is 5.32 Å². The van der Waals surface area contributed by atoms with Gasteiger partial charge in [0.2, 0.25) is 0 Å². The molecule has 0 spiro atoms. The average Bonchev–Trinajstić information content (AvgIpc) is 2.66. The maximum absolute atomic E-state index is 12.1. The molecule has 1 aliphatic heterocycles. The van der Waals surface area contributed by atoms with Crippen LogP contribution in [0.2, 0.25) is 0 Å². The third-order valence-corrected chi connectivity index (χ3v) is 3.86. The molecular formula is C18H18N2O6. The number of ether oxygens (including phenoxy) is 3. The van der Waals surface area contributed by atoms with Crippen molar-refractivity contribution in [2.75, 3.05) is 19.8 Å². The first kappa shape index (κ1) is 17.5. The van der Waals surface area contributed by atoms with Crippen LogP contribution >= 0.6 is 0 Å². The highest BCUT2D eigenvalue weighted by Crippen LogP contribution is 2.32. The number of nitrogens with one attached hydrogen (secondary N) is 1. The maximum Gasteiger partial charge on any atom is 0.269 e. The van der Waals surface area contributed by atoms with E-state index in [1.165, 1.54) is 24.3 Å². The van der Waals surface area contributed by atoms with Gasteiger partial charge in [0, 0.05) is 12.1 Å². The molecule has 8 heteroatoms. The number of nitro benzene ring substituents is 1. The Kier molecular flexibility index (Phi) is 5.21. The number of carbonyl (C=O) groups excluding carboxylic acids is 1. The molecule has 0 saturated carbocycles. The van der Waals surface area contributed by atoms with Crippen LogP contribution in [0.15, 0.2) is 42.5 Å². The van der Waals surface area contributed by atoms with Gasteiger partial charge in [0.15, 0.2) is 18.1 Å². The smallest absolute Gasteiger partial charge is 0.269 e. The van der Waals surface area contributed by atoms with Gasteiger partial charge < -0.3 is 19.5 Å². The second-order valence-corrected chi connectivity index (χ2v) is 5.73. The Morgan fingerprint density at radius 1 is 1.19 bits per heavy atom. The Morgan fingerprint density at radius 2 is 1.88 bits per heavy atom. The molecule has 1 atom stereocenters. The highest BCUT2D eigenvalue weighted by Gasteiger charge is 2.16. The van der Waals surface area contributed by atoms with Crippen molar-refractivity contribution >= 4 is 11.6 Å². The molecule has 2 aromatic carbocycles. The van der Waals surface area contributed by atoms with Crippen LogP contribution in [0.4, 0.5) is 5.69 Å². The van der Waals surface area contributed by atoms with Gasteiger partial charge in [0.25, 0.3) is 11.6 Å². The average molecular weight is 358 g/mol. The summed E-state index contributed by atoms with van der Waals surface area (Å²) in [5, 5.41) is 13.4. The molecular weight excluding hydrogens is 340 g/mol. The number of hydrogen-bond donors (Lipinski definition) is 1. The first-order chi connectivity index (χ1) is 12.5. The van der Waals surface area contributed by atoms with E-state index in [0.717, 1.165) is 5.56 Å². The molecule has 1 aliphatic rings. The van der Waals surface area contributed by atoms with Gasteiger partial charge in [-0.05, 0) is 36.8 Å². The lowest BCUT2D eigenvalue weighted by molar-refractivity contribution is -0.384. The second kappa shape index (κ2) is 7.73. The van der Waals surface area contributed by atoms with Crippen LogP contribution in [-0.2, 0) is 4.79 Å². The zero-order valence-corrected chi connectivity index (χ0v) is 14.1. The van der Waals surface area contributed by atoms with E-state index in [4.69, 9.17) is 14.2 Å². The number of rotatable bonds is 6. The molecule has 0 bridgehead atoms. The van der Waals surface area contributed by atoms with Gasteiger partial charge in [-0.3, -0.25) is 14.9 Å². The largest absolute Gasteiger partial charge is 0.486 e. The summed E-state index contributed by atoms with van der Waals surface area (Å²) in [5.41, 5.74) is 0.854. The zero-order chi connectivity index (χ0) is 18.5. The maximum atomic E-state index is 12.1. The number of nitrogens with zero attached hydrogens (tertiary/aromatic N) is 1. The van der Waals surface area contributed by atoms with E-state index >= 15 is 0 Å². The van der Waals surface area contributed by atoms with Crippen molar-refractivity contribution in [3.63, 3.8) is 0 Å². The fourth-order valence-electron chi connectivity index (χ4n) is 2.51. The van der Waals surface area contributed by atoms with Crippen molar-refractivity contribution in [1.29, 1.82) is 0 Å². The molecule has 0 aromatic heterocycles. The van der Waals surface area contributed by atoms with E-state index < -0.39 is 4.92 Å². The van der Waals surface area contributed by atoms with Gasteiger partial charge in [-0.1, -0.05) is 6.07 Å². The molecule has 0 fully saturated rings. The number of non-ortho nitro benzene ring substituents is 1. The molecule has 1 N–H and O–H groups in total. The molecule has 0 unspecified atom stereocenters. The number of nitro groups is 1. The van der Waals surface area contributed by atoms with E-state index in [0.29, 0.717) is 30.5 Å². The Labute approximate surface area is 149 Å². The third-order valence-electron chi connectivity index (χ3n) is 3.86. The fourth-order valence-corrected chi connectivity index (χ4v) is 2.51.